The first-order valence-corrected chi connectivity index (χ1v) is 6.65. The Hall–Kier alpha value is 0.680. The molecule has 0 saturated carbocycles. The Labute approximate surface area is 166 Å². The van der Waals surface area contributed by atoms with Gasteiger partial charge in [-0.3, -0.25) is 0 Å². The monoisotopic (exact) mass is 300 g/mol. The van der Waals surface area contributed by atoms with Gasteiger partial charge in [0.1, 0.15) is 0 Å². The molecule has 0 aliphatic heterocycles. The molecule has 0 aromatic carbocycles. The molecule has 0 bridgehead atoms. The minimum Gasteiger partial charge on any atom is -0.550 e. The number of unbranched alkanes of at least 4 members (excludes halogenated alkanes) is 6. The summed E-state index contributed by atoms with van der Waals surface area (Å²) in [5.74, 6) is -3.80. The third-order valence-electron chi connectivity index (χ3n) is 2.78. The van der Waals surface area contributed by atoms with E-state index in [-0.39, 0.29) is 59.1 Å². The van der Waals surface area contributed by atoms with Crippen LogP contribution in [0.1, 0.15) is 58.3 Å². The first-order valence-electron chi connectivity index (χ1n) is 6.65. The molecule has 0 fully saturated rings. The number of carboxylic acid groups (broad SMARTS) is 2. The molecule has 0 N–H and O–H groups in total. The molecular weight excluding hydrogens is 278 g/mol. The third-order valence-corrected chi connectivity index (χ3v) is 2.78. The second-order valence-corrected chi connectivity index (χ2v) is 4.49. The van der Waals surface area contributed by atoms with E-state index in [1.165, 1.54) is 31.8 Å². The van der Waals surface area contributed by atoms with E-state index in [2.05, 4.69) is 6.92 Å². The first kappa shape index (κ1) is 25.6. The Bertz CT molecular complexity index is 280. The average Bonchev–Trinajstić information content (AvgIpc) is 2.30. The smallest absolute Gasteiger partial charge is 0.550 e. The molecule has 0 aromatic heterocycles. The van der Waals surface area contributed by atoms with Crippen LogP contribution in [0.2, 0.25) is 0 Å². The van der Waals surface area contributed by atoms with Crippen LogP contribution in [-0.4, -0.2) is 11.9 Å². The number of hydrogen-bond acceptors (Lipinski definition) is 4. The quantitative estimate of drug-likeness (QED) is 0.217. The van der Waals surface area contributed by atoms with Crippen LogP contribution < -0.4 is 69.3 Å². The second-order valence-electron chi connectivity index (χ2n) is 4.49. The summed E-state index contributed by atoms with van der Waals surface area (Å²) in [5, 5.41) is 20.9. The fraction of sp³-hybridized carbons (Fsp3) is 0.714. The molecule has 0 saturated heterocycles. The van der Waals surface area contributed by atoms with Gasteiger partial charge in [0.2, 0.25) is 0 Å². The largest absolute Gasteiger partial charge is 1.00 e. The van der Waals surface area contributed by atoms with Crippen LogP contribution >= 0.6 is 0 Å². The zero-order chi connectivity index (χ0) is 13.8. The van der Waals surface area contributed by atoms with E-state index in [0.717, 1.165) is 19.3 Å². The molecule has 0 amide bonds. The number of rotatable bonds is 11. The Morgan fingerprint density at radius 1 is 1.00 bits per heavy atom. The van der Waals surface area contributed by atoms with Crippen LogP contribution in [0.25, 0.3) is 0 Å². The zero-order valence-electron chi connectivity index (χ0n) is 13.0. The van der Waals surface area contributed by atoms with Crippen LogP contribution in [0.4, 0.5) is 0 Å². The van der Waals surface area contributed by atoms with E-state index < -0.39 is 24.3 Å². The predicted octanol–water partition coefficient (Wildman–Crippen LogP) is -5.19. The molecule has 0 heterocycles. The summed E-state index contributed by atoms with van der Waals surface area (Å²) >= 11 is 0. The van der Waals surface area contributed by atoms with Gasteiger partial charge in [0.05, 0.1) is 0 Å². The minimum atomic E-state index is -1.37. The molecule has 0 aromatic rings. The van der Waals surface area contributed by atoms with Crippen LogP contribution in [0, 0.1) is 5.92 Å². The van der Waals surface area contributed by atoms with Crippen molar-refractivity contribution in [1.29, 1.82) is 0 Å². The molecule has 0 spiro atoms. The van der Waals surface area contributed by atoms with Crippen molar-refractivity contribution in [3.05, 3.63) is 12.2 Å². The summed E-state index contributed by atoms with van der Waals surface area (Å²) in [4.78, 5) is 20.9. The van der Waals surface area contributed by atoms with Crippen molar-refractivity contribution in [2.24, 2.45) is 5.92 Å². The van der Waals surface area contributed by atoms with Crippen molar-refractivity contribution in [1.82, 2.24) is 0 Å². The summed E-state index contributed by atoms with van der Waals surface area (Å²) in [6.07, 6.45) is 10.4. The fourth-order valence-corrected chi connectivity index (χ4v) is 1.71. The van der Waals surface area contributed by atoms with Gasteiger partial charge in [-0.1, -0.05) is 51.2 Å². The number of carbonyl (C=O) groups excluding carboxylic acids is 2. The van der Waals surface area contributed by atoms with Gasteiger partial charge in [-0.25, -0.2) is 0 Å². The van der Waals surface area contributed by atoms with Gasteiger partial charge in [0.15, 0.2) is 0 Å². The molecule has 1 unspecified atom stereocenters. The van der Waals surface area contributed by atoms with Crippen LogP contribution in [0.5, 0.6) is 0 Å². The van der Waals surface area contributed by atoms with Gasteiger partial charge < -0.3 is 19.8 Å². The van der Waals surface area contributed by atoms with Crippen molar-refractivity contribution in [3.8, 4) is 0 Å². The molecular formula is C14H22Na2O4. The average molecular weight is 300 g/mol. The SMILES string of the molecule is CCCCCCCCC=CC(CC(=O)[O-])C(=O)[O-].[Na+].[Na+]. The van der Waals surface area contributed by atoms with Gasteiger partial charge in [-0.2, -0.15) is 0 Å². The number of aliphatic carboxylic acids is 2. The molecule has 4 nitrogen and oxygen atoms in total. The van der Waals surface area contributed by atoms with E-state index >= 15 is 0 Å². The number of carbonyl (C=O) groups is 2. The van der Waals surface area contributed by atoms with Crippen LogP contribution in [0.3, 0.4) is 0 Å². The Morgan fingerprint density at radius 2 is 1.55 bits per heavy atom. The van der Waals surface area contributed by atoms with Crippen LogP contribution in [-0.2, 0) is 9.59 Å². The normalized spacial score (nSPS) is 11.4. The maximum atomic E-state index is 10.6. The van der Waals surface area contributed by atoms with Gasteiger partial charge in [0.25, 0.3) is 0 Å². The second kappa shape index (κ2) is 17.7. The topological polar surface area (TPSA) is 80.3 Å². The molecule has 0 aliphatic carbocycles. The van der Waals surface area contributed by atoms with E-state index in [4.69, 9.17) is 0 Å². The minimum absolute atomic E-state index is 0. The Balaban J connectivity index is -0.00000144. The van der Waals surface area contributed by atoms with E-state index in [1.807, 2.05) is 0 Å². The Morgan fingerprint density at radius 3 is 2.05 bits per heavy atom. The molecule has 6 heteroatoms. The summed E-state index contributed by atoms with van der Waals surface area (Å²) in [6, 6.07) is 0. The van der Waals surface area contributed by atoms with E-state index in [0.29, 0.717) is 0 Å². The maximum absolute atomic E-state index is 10.6. The zero-order valence-corrected chi connectivity index (χ0v) is 17.0. The van der Waals surface area contributed by atoms with Crippen molar-refractivity contribution in [2.45, 2.75) is 58.3 Å². The van der Waals surface area contributed by atoms with Gasteiger partial charge in [0, 0.05) is 17.9 Å². The van der Waals surface area contributed by atoms with Crippen molar-refractivity contribution >= 4 is 11.9 Å². The molecule has 20 heavy (non-hydrogen) atoms. The number of hydrogen-bond donors (Lipinski definition) is 0. The number of carboxylic acids is 2. The molecule has 0 radical (unpaired) electrons. The molecule has 0 rings (SSSR count). The van der Waals surface area contributed by atoms with E-state index in [9.17, 15) is 19.8 Å². The van der Waals surface area contributed by atoms with Crippen molar-refractivity contribution in [2.75, 3.05) is 0 Å². The molecule has 1 atom stereocenters. The standard InChI is InChI=1S/C14H24O4.2Na/c1-2-3-4-5-6-7-8-9-10-12(14(17)18)11-13(15)16;;/h9-10,12H,2-8,11H2,1H3,(H,15,16)(H,17,18);;/q;2*+1/p-2. The molecule has 104 valence electrons. The van der Waals surface area contributed by atoms with Gasteiger partial charge in [-0.05, 0) is 19.3 Å². The summed E-state index contributed by atoms with van der Waals surface area (Å²) < 4.78 is 0. The third kappa shape index (κ3) is 16.7. The van der Waals surface area contributed by atoms with Gasteiger partial charge >= 0.3 is 59.1 Å². The summed E-state index contributed by atoms with van der Waals surface area (Å²) in [6.45, 7) is 2.17. The fourth-order valence-electron chi connectivity index (χ4n) is 1.71. The van der Waals surface area contributed by atoms with Crippen molar-refractivity contribution in [3.63, 3.8) is 0 Å². The predicted molar refractivity (Wildman–Crippen MR) is 65.3 cm³/mol. The van der Waals surface area contributed by atoms with Crippen molar-refractivity contribution < 1.29 is 78.9 Å². The first-order chi connectivity index (χ1) is 8.57. The Kier molecular flexibility index (Phi) is 22.7. The summed E-state index contributed by atoms with van der Waals surface area (Å²) in [5.41, 5.74) is 0. The van der Waals surface area contributed by atoms with Gasteiger partial charge in [-0.15, -0.1) is 0 Å². The molecule has 0 aliphatic rings. The van der Waals surface area contributed by atoms with Crippen LogP contribution in [0.15, 0.2) is 12.2 Å². The van der Waals surface area contributed by atoms with E-state index in [1.54, 1.807) is 6.08 Å². The maximum Gasteiger partial charge on any atom is 1.00 e. The summed E-state index contributed by atoms with van der Waals surface area (Å²) in [7, 11) is 0. The number of allylic oxidation sites excluding steroid dienone is 1.